The van der Waals surface area contributed by atoms with Crippen molar-refractivity contribution in [1.29, 1.82) is 0 Å². The third-order valence-corrected chi connectivity index (χ3v) is 9.13. The second-order valence-electron chi connectivity index (χ2n) is 11.8. The first-order valence-electron chi connectivity index (χ1n) is 15.6. The number of fused-ring (bicyclic) bond motifs is 4. The first-order chi connectivity index (χ1) is 22.8. The highest BCUT2D eigenvalue weighted by atomic mass is 14.7. The maximum Gasteiger partial charge on any atom is 0.0718 e. The summed E-state index contributed by atoms with van der Waals surface area (Å²) >= 11 is 0. The van der Waals surface area contributed by atoms with Gasteiger partial charge in [-0.1, -0.05) is 133 Å². The standard InChI is InChI=1S/C44H28N2/c1-2-10-32-25-34(22-19-29(32)9-1)44-39-14-6-4-12-37(39)43(38-13-5-7-15-40(38)44)31-20-17-30(18-21-31)35-23-24-42(45-27-35)36-26-33-11-3-8-16-41(33)46-28-36/h1-28H. The molecule has 0 N–H and O–H groups in total. The van der Waals surface area contributed by atoms with E-state index in [0.29, 0.717) is 0 Å². The number of rotatable bonds is 4. The number of aromatic nitrogens is 2. The molecule has 0 unspecified atom stereocenters. The highest BCUT2D eigenvalue weighted by Gasteiger charge is 2.17. The first-order valence-corrected chi connectivity index (χ1v) is 15.6. The zero-order valence-electron chi connectivity index (χ0n) is 25.1. The average Bonchev–Trinajstić information content (AvgIpc) is 3.13. The van der Waals surface area contributed by atoms with Gasteiger partial charge in [0.15, 0.2) is 0 Å². The molecule has 0 saturated heterocycles. The van der Waals surface area contributed by atoms with Crippen LogP contribution in [-0.4, -0.2) is 9.97 Å². The Bertz CT molecular complexity index is 2510. The van der Waals surface area contributed by atoms with Crippen molar-refractivity contribution in [1.82, 2.24) is 9.97 Å². The van der Waals surface area contributed by atoms with Crippen LogP contribution in [0.2, 0.25) is 0 Å². The molecule has 0 bridgehead atoms. The summed E-state index contributed by atoms with van der Waals surface area (Å²) in [4.78, 5) is 9.43. The van der Waals surface area contributed by atoms with Crippen LogP contribution in [0.3, 0.4) is 0 Å². The molecule has 9 aromatic rings. The van der Waals surface area contributed by atoms with Crippen LogP contribution in [0.15, 0.2) is 170 Å². The number of benzene rings is 7. The molecular weight excluding hydrogens is 556 g/mol. The van der Waals surface area contributed by atoms with Crippen molar-refractivity contribution >= 4 is 43.2 Å². The van der Waals surface area contributed by atoms with Crippen molar-refractivity contribution in [3.05, 3.63) is 170 Å². The molecule has 9 rings (SSSR count). The molecule has 0 fully saturated rings. The van der Waals surface area contributed by atoms with E-state index in [9.17, 15) is 0 Å². The molecule has 0 aliphatic heterocycles. The molecule has 46 heavy (non-hydrogen) atoms. The van der Waals surface area contributed by atoms with E-state index in [2.05, 4.69) is 145 Å². The topological polar surface area (TPSA) is 25.8 Å². The molecule has 0 spiro atoms. The molecule has 2 heteroatoms. The van der Waals surface area contributed by atoms with Gasteiger partial charge in [-0.25, -0.2) is 0 Å². The Morgan fingerprint density at radius 3 is 1.48 bits per heavy atom. The number of hydrogen-bond donors (Lipinski definition) is 0. The van der Waals surface area contributed by atoms with Crippen LogP contribution in [0.1, 0.15) is 0 Å². The van der Waals surface area contributed by atoms with Crippen LogP contribution >= 0.6 is 0 Å². The minimum atomic E-state index is 0.920. The number of hydrogen-bond acceptors (Lipinski definition) is 2. The number of pyridine rings is 2. The van der Waals surface area contributed by atoms with E-state index >= 15 is 0 Å². The second-order valence-corrected chi connectivity index (χ2v) is 11.8. The molecule has 0 atom stereocenters. The van der Waals surface area contributed by atoms with Crippen LogP contribution in [-0.2, 0) is 0 Å². The van der Waals surface area contributed by atoms with Crippen LogP contribution in [0.5, 0.6) is 0 Å². The van der Waals surface area contributed by atoms with E-state index in [1.807, 2.05) is 30.6 Å². The lowest BCUT2D eigenvalue weighted by atomic mass is 9.85. The highest BCUT2D eigenvalue weighted by molar-refractivity contribution is 6.21. The van der Waals surface area contributed by atoms with Gasteiger partial charge in [-0.3, -0.25) is 9.97 Å². The van der Waals surface area contributed by atoms with Crippen molar-refractivity contribution in [2.24, 2.45) is 0 Å². The van der Waals surface area contributed by atoms with Crippen LogP contribution in [0.4, 0.5) is 0 Å². The Kier molecular flexibility index (Phi) is 6.17. The third kappa shape index (κ3) is 4.43. The van der Waals surface area contributed by atoms with Crippen LogP contribution in [0.25, 0.3) is 87.9 Å². The summed E-state index contributed by atoms with van der Waals surface area (Å²) in [7, 11) is 0. The lowest BCUT2D eigenvalue weighted by Gasteiger charge is -2.18. The maximum atomic E-state index is 4.81. The fourth-order valence-corrected chi connectivity index (χ4v) is 6.87. The summed E-state index contributed by atoms with van der Waals surface area (Å²) in [6.45, 7) is 0. The second kappa shape index (κ2) is 10.8. The van der Waals surface area contributed by atoms with Gasteiger partial charge in [-0.15, -0.1) is 0 Å². The predicted molar refractivity (Wildman–Crippen MR) is 194 cm³/mol. The van der Waals surface area contributed by atoms with E-state index in [0.717, 1.165) is 33.3 Å². The fourth-order valence-electron chi connectivity index (χ4n) is 6.87. The largest absolute Gasteiger partial charge is 0.256 e. The highest BCUT2D eigenvalue weighted by Crippen LogP contribution is 2.44. The zero-order valence-corrected chi connectivity index (χ0v) is 25.1. The molecule has 7 aromatic carbocycles. The molecule has 0 radical (unpaired) electrons. The fraction of sp³-hybridized carbons (Fsp3) is 0. The van der Waals surface area contributed by atoms with Crippen molar-refractivity contribution in [2.45, 2.75) is 0 Å². The van der Waals surface area contributed by atoms with Gasteiger partial charge in [0.25, 0.3) is 0 Å². The summed E-state index contributed by atoms with van der Waals surface area (Å²) in [5, 5.41) is 8.67. The maximum absolute atomic E-state index is 4.81. The van der Waals surface area contributed by atoms with Gasteiger partial charge in [0.05, 0.1) is 11.2 Å². The molecule has 0 aliphatic rings. The Labute approximate surface area is 267 Å². The predicted octanol–water partition coefficient (Wildman–Crippen LogP) is 11.8. The van der Waals surface area contributed by atoms with Gasteiger partial charge in [-0.05, 0) is 84.4 Å². The Morgan fingerprint density at radius 1 is 0.304 bits per heavy atom. The average molecular weight is 585 g/mol. The molecule has 2 nitrogen and oxygen atoms in total. The molecule has 0 amide bonds. The zero-order chi connectivity index (χ0) is 30.5. The molecular formula is C44H28N2. The van der Waals surface area contributed by atoms with Gasteiger partial charge < -0.3 is 0 Å². The summed E-state index contributed by atoms with van der Waals surface area (Å²) in [5.74, 6) is 0. The van der Waals surface area contributed by atoms with Crippen LogP contribution < -0.4 is 0 Å². The molecule has 0 aliphatic carbocycles. The summed E-state index contributed by atoms with van der Waals surface area (Å²) in [6.07, 6.45) is 3.86. The Hall–Kier alpha value is -6.12. The minimum Gasteiger partial charge on any atom is -0.256 e. The summed E-state index contributed by atoms with van der Waals surface area (Å²) in [5.41, 5.74) is 10.1. The van der Waals surface area contributed by atoms with Crippen molar-refractivity contribution in [3.63, 3.8) is 0 Å². The minimum absolute atomic E-state index is 0.920. The van der Waals surface area contributed by atoms with Gasteiger partial charge >= 0.3 is 0 Å². The number of para-hydroxylation sites is 1. The van der Waals surface area contributed by atoms with Gasteiger partial charge in [-0.2, -0.15) is 0 Å². The normalized spacial score (nSPS) is 11.5. The monoisotopic (exact) mass is 584 g/mol. The molecule has 2 heterocycles. The Morgan fingerprint density at radius 2 is 0.804 bits per heavy atom. The summed E-state index contributed by atoms with van der Waals surface area (Å²) < 4.78 is 0. The summed E-state index contributed by atoms with van der Waals surface area (Å²) in [6, 6.07) is 56.6. The van der Waals surface area contributed by atoms with Crippen molar-refractivity contribution < 1.29 is 0 Å². The molecule has 2 aromatic heterocycles. The Balaban J connectivity index is 1.13. The van der Waals surface area contributed by atoms with Gasteiger partial charge in [0, 0.05) is 28.9 Å². The van der Waals surface area contributed by atoms with Gasteiger partial charge in [0.1, 0.15) is 0 Å². The lowest BCUT2D eigenvalue weighted by Crippen LogP contribution is -1.91. The van der Waals surface area contributed by atoms with E-state index < -0.39 is 0 Å². The lowest BCUT2D eigenvalue weighted by molar-refractivity contribution is 1.31. The quantitative estimate of drug-likeness (QED) is 0.192. The third-order valence-electron chi connectivity index (χ3n) is 9.13. The smallest absolute Gasteiger partial charge is 0.0718 e. The first kappa shape index (κ1) is 26.3. The molecule has 0 saturated carbocycles. The van der Waals surface area contributed by atoms with Gasteiger partial charge in [0.2, 0.25) is 0 Å². The molecule has 214 valence electrons. The van der Waals surface area contributed by atoms with Crippen LogP contribution in [0, 0.1) is 0 Å². The number of nitrogens with zero attached hydrogens (tertiary/aromatic N) is 2. The van der Waals surface area contributed by atoms with E-state index in [1.54, 1.807) is 0 Å². The van der Waals surface area contributed by atoms with Crippen molar-refractivity contribution in [3.8, 4) is 44.6 Å². The van der Waals surface area contributed by atoms with E-state index in [-0.39, 0.29) is 0 Å². The van der Waals surface area contributed by atoms with E-state index in [1.165, 1.54) is 54.6 Å². The van der Waals surface area contributed by atoms with E-state index in [4.69, 9.17) is 4.98 Å². The SMILES string of the molecule is c1ccc2cc(-c3c4ccccc4c(-c4ccc(-c5ccc(-c6cnc7ccccc7c6)nc5)cc4)c4ccccc34)ccc2c1. The van der Waals surface area contributed by atoms with Crippen molar-refractivity contribution in [2.75, 3.05) is 0 Å².